The zero-order chi connectivity index (χ0) is 15.1. The van der Waals surface area contributed by atoms with Gasteiger partial charge in [0.05, 0.1) is 12.4 Å². The van der Waals surface area contributed by atoms with Crippen LogP contribution in [0.4, 0.5) is 5.82 Å². The molecule has 1 amide bonds. The molecule has 0 aliphatic heterocycles. The highest BCUT2D eigenvalue weighted by Gasteiger charge is 2.12. The van der Waals surface area contributed by atoms with Gasteiger partial charge in [-0.3, -0.25) is 4.79 Å². The second-order valence-corrected chi connectivity index (χ2v) is 4.88. The number of carbonyl (C=O) groups is 1. The molecule has 1 unspecified atom stereocenters. The van der Waals surface area contributed by atoms with Gasteiger partial charge in [0.15, 0.2) is 0 Å². The normalized spacial score (nSPS) is 11.7. The third-order valence-corrected chi connectivity index (χ3v) is 3.00. The van der Waals surface area contributed by atoms with Crippen molar-refractivity contribution in [2.45, 2.75) is 26.3 Å². The number of nitrogens with zero attached hydrogens (tertiary/aromatic N) is 2. The number of hydrogen-bond acceptors (Lipinski definition) is 4. The van der Waals surface area contributed by atoms with E-state index in [0.29, 0.717) is 11.5 Å². The van der Waals surface area contributed by atoms with Crippen LogP contribution >= 0.6 is 0 Å². The van der Waals surface area contributed by atoms with E-state index in [4.69, 9.17) is 0 Å². The third-order valence-electron chi connectivity index (χ3n) is 3.00. The van der Waals surface area contributed by atoms with Crippen molar-refractivity contribution in [3.05, 3.63) is 54.0 Å². The quantitative estimate of drug-likeness (QED) is 0.854. The SMILES string of the molecule is CCNc1cnc(C(=O)NC(C)Cc2ccccc2)cn1. The van der Waals surface area contributed by atoms with Crippen LogP contribution in [0.25, 0.3) is 0 Å². The molecule has 2 N–H and O–H groups in total. The molecule has 110 valence electrons. The van der Waals surface area contributed by atoms with Crippen LogP contribution in [0.3, 0.4) is 0 Å². The van der Waals surface area contributed by atoms with E-state index in [9.17, 15) is 4.79 Å². The van der Waals surface area contributed by atoms with E-state index in [0.717, 1.165) is 13.0 Å². The maximum absolute atomic E-state index is 12.1. The topological polar surface area (TPSA) is 66.9 Å². The van der Waals surface area contributed by atoms with Gasteiger partial charge >= 0.3 is 0 Å². The largest absolute Gasteiger partial charge is 0.369 e. The van der Waals surface area contributed by atoms with Crippen LogP contribution in [0.5, 0.6) is 0 Å². The van der Waals surface area contributed by atoms with E-state index >= 15 is 0 Å². The van der Waals surface area contributed by atoms with E-state index in [1.54, 1.807) is 6.20 Å². The van der Waals surface area contributed by atoms with E-state index < -0.39 is 0 Å². The summed E-state index contributed by atoms with van der Waals surface area (Å²) >= 11 is 0. The minimum Gasteiger partial charge on any atom is -0.369 e. The fourth-order valence-electron chi connectivity index (χ4n) is 2.03. The second-order valence-electron chi connectivity index (χ2n) is 4.88. The lowest BCUT2D eigenvalue weighted by atomic mass is 10.1. The Morgan fingerprint density at radius 3 is 2.57 bits per heavy atom. The summed E-state index contributed by atoms with van der Waals surface area (Å²) < 4.78 is 0. The Kier molecular flexibility index (Phi) is 5.26. The first kappa shape index (κ1) is 15.0. The number of nitrogens with one attached hydrogen (secondary N) is 2. The zero-order valence-corrected chi connectivity index (χ0v) is 12.3. The van der Waals surface area contributed by atoms with Gasteiger partial charge in [0, 0.05) is 12.6 Å². The number of hydrogen-bond donors (Lipinski definition) is 2. The molecular formula is C16H20N4O. The Morgan fingerprint density at radius 1 is 1.19 bits per heavy atom. The van der Waals surface area contributed by atoms with E-state index in [-0.39, 0.29) is 11.9 Å². The van der Waals surface area contributed by atoms with Gasteiger partial charge in [0.25, 0.3) is 5.91 Å². The first-order valence-corrected chi connectivity index (χ1v) is 7.09. The van der Waals surface area contributed by atoms with Gasteiger partial charge in [0.2, 0.25) is 0 Å². The molecule has 0 fully saturated rings. The van der Waals surface area contributed by atoms with Crippen molar-refractivity contribution in [1.82, 2.24) is 15.3 Å². The molecule has 1 heterocycles. The summed E-state index contributed by atoms with van der Waals surface area (Å²) in [5.74, 6) is 0.473. The van der Waals surface area contributed by atoms with Gasteiger partial charge in [-0.05, 0) is 25.8 Å². The molecule has 1 aromatic carbocycles. The summed E-state index contributed by atoms with van der Waals surface area (Å²) in [4.78, 5) is 20.3. The molecule has 0 aliphatic carbocycles. The Hall–Kier alpha value is -2.43. The predicted octanol–water partition coefficient (Wildman–Crippen LogP) is 2.27. The second kappa shape index (κ2) is 7.38. The summed E-state index contributed by atoms with van der Waals surface area (Å²) in [6, 6.07) is 10.1. The Bertz CT molecular complexity index is 569. The van der Waals surface area contributed by atoms with Crippen LogP contribution in [0.1, 0.15) is 29.9 Å². The average molecular weight is 284 g/mol. The highest BCUT2D eigenvalue weighted by atomic mass is 16.1. The molecular weight excluding hydrogens is 264 g/mol. The van der Waals surface area contributed by atoms with Gasteiger partial charge in [0.1, 0.15) is 11.5 Å². The van der Waals surface area contributed by atoms with Gasteiger partial charge in [-0.15, -0.1) is 0 Å². The highest BCUT2D eigenvalue weighted by molar-refractivity contribution is 5.92. The summed E-state index contributed by atoms with van der Waals surface area (Å²) in [6.45, 7) is 4.73. The Labute approximate surface area is 124 Å². The van der Waals surface area contributed by atoms with Gasteiger partial charge in [-0.1, -0.05) is 30.3 Å². The fraction of sp³-hybridized carbons (Fsp3) is 0.312. The monoisotopic (exact) mass is 284 g/mol. The van der Waals surface area contributed by atoms with Gasteiger partial charge < -0.3 is 10.6 Å². The number of amides is 1. The number of anilines is 1. The molecule has 1 atom stereocenters. The standard InChI is InChI=1S/C16H20N4O/c1-3-17-15-11-18-14(10-19-15)16(21)20-12(2)9-13-7-5-4-6-8-13/h4-8,10-12H,3,9H2,1-2H3,(H,17,19)(H,20,21). The first-order valence-electron chi connectivity index (χ1n) is 7.09. The fourth-order valence-corrected chi connectivity index (χ4v) is 2.03. The molecule has 21 heavy (non-hydrogen) atoms. The Balaban J connectivity index is 1.91. The maximum Gasteiger partial charge on any atom is 0.271 e. The van der Waals surface area contributed by atoms with Crippen LogP contribution in [-0.4, -0.2) is 28.5 Å². The molecule has 0 aliphatic rings. The molecule has 0 saturated carbocycles. The van der Waals surface area contributed by atoms with Gasteiger partial charge in [-0.25, -0.2) is 9.97 Å². The number of aromatic nitrogens is 2. The summed E-state index contributed by atoms with van der Waals surface area (Å²) in [5.41, 5.74) is 1.52. The van der Waals surface area contributed by atoms with Crippen molar-refractivity contribution >= 4 is 11.7 Å². The summed E-state index contributed by atoms with van der Waals surface area (Å²) in [7, 11) is 0. The van der Waals surface area contributed by atoms with Crippen molar-refractivity contribution in [3.8, 4) is 0 Å². The van der Waals surface area contributed by atoms with Gasteiger partial charge in [-0.2, -0.15) is 0 Å². The van der Waals surface area contributed by atoms with Crippen molar-refractivity contribution in [2.24, 2.45) is 0 Å². The van der Waals surface area contributed by atoms with E-state index in [2.05, 4.69) is 20.6 Å². The molecule has 0 radical (unpaired) electrons. The van der Waals surface area contributed by atoms with E-state index in [1.807, 2.05) is 44.2 Å². The minimum absolute atomic E-state index is 0.0372. The molecule has 5 heteroatoms. The summed E-state index contributed by atoms with van der Waals surface area (Å²) in [5, 5.41) is 5.98. The molecule has 0 bridgehead atoms. The van der Waals surface area contributed by atoms with E-state index in [1.165, 1.54) is 11.8 Å². The minimum atomic E-state index is -0.200. The third kappa shape index (κ3) is 4.56. The Morgan fingerprint density at radius 2 is 1.95 bits per heavy atom. The lowest BCUT2D eigenvalue weighted by Gasteiger charge is -2.13. The smallest absolute Gasteiger partial charge is 0.271 e. The molecule has 2 aromatic rings. The number of benzene rings is 1. The zero-order valence-electron chi connectivity index (χ0n) is 12.3. The lowest BCUT2D eigenvalue weighted by molar-refractivity contribution is 0.0934. The molecule has 0 spiro atoms. The van der Waals surface area contributed by atoms with Crippen LogP contribution in [0.15, 0.2) is 42.7 Å². The maximum atomic E-state index is 12.1. The van der Waals surface area contributed by atoms with Crippen LogP contribution in [0, 0.1) is 0 Å². The summed E-state index contributed by atoms with van der Waals surface area (Å²) in [6.07, 6.45) is 3.85. The van der Waals surface area contributed by atoms with Crippen LogP contribution in [0.2, 0.25) is 0 Å². The first-order chi connectivity index (χ1) is 10.2. The van der Waals surface area contributed by atoms with Crippen molar-refractivity contribution in [3.63, 3.8) is 0 Å². The molecule has 1 aromatic heterocycles. The van der Waals surface area contributed by atoms with Crippen LogP contribution < -0.4 is 10.6 Å². The highest BCUT2D eigenvalue weighted by Crippen LogP contribution is 2.04. The molecule has 5 nitrogen and oxygen atoms in total. The predicted molar refractivity (Wildman–Crippen MR) is 83.3 cm³/mol. The number of rotatable bonds is 6. The number of carbonyl (C=O) groups excluding carboxylic acids is 1. The van der Waals surface area contributed by atoms with Crippen molar-refractivity contribution < 1.29 is 4.79 Å². The lowest BCUT2D eigenvalue weighted by Crippen LogP contribution is -2.34. The van der Waals surface area contributed by atoms with Crippen LogP contribution in [-0.2, 0) is 6.42 Å². The van der Waals surface area contributed by atoms with Crippen molar-refractivity contribution in [2.75, 3.05) is 11.9 Å². The molecule has 2 rings (SSSR count). The average Bonchev–Trinajstić information content (AvgIpc) is 2.49. The molecule has 0 saturated heterocycles. The van der Waals surface area contributed by atoms with Crippen molar-refractivity contribution in [1.29, 1.82) is 0 Å².